The maximum atomic E-state index is 5.72. The summed E-state index contributed by atoms with van der Waals surface area (Å²) in [6, 6.07) is 0. The first-order valence-electron chi connectivity index (χ1n) is 3.70. The molecule has 2 aromatic heterocycles. The predicted octanol–water partition coefficient (Wildman–Crippen LogP) is 1.28. The molecule has 0 aliphatic rings. The molecule has 0 N–H and O–H groups in total. The highest BCUT2D eigenvalue weighted by Crippen LogP contribution is 2.08. The van der Waals surface area contributed by atoms with Gasteiger partial charge in [-0.1, -0.05) is 0 Å². The normalized spacial score (nSPS) is 10.6. The van der Waals surface area contributed by atoms with Gasteiger partial charge in [-0.15, -0.1) is 10.2 Å². The lowest BCUT2D eigenvalue weighted by atomic mass is 10.6. The van der Waals surface area contributed by atoms with Gasteiger partial charge in [-0.2, -0.15) is 0 Å². The molecule has 0 fully saturated rings. The SMILES string of the molecule is Cc1cnc(Cn2cnnc2Cl)o1. The second-order valence-corrected chi connectivity index (χ2v) is 2.93. The Hall–Kier alpha value is -1.36. The highest BCUT2D eigenvalue weighted by Gasteiger charge is 2.05. The van der Waals surface area contributed by atoms with Crippen LogP contribution in [-0.4, -0.2) is 19.7 Å². The molecule has 13 heavy (non-hydrogen) atoms. The van der Waals surface area contributed by atoms with Gasteiger partial charge < -0.3 is 4.42 Å². The molecule has 0 saturated carbocycles. The molecule has 2 heterocycles. The number of halogens is 1. The van der Waals surface area contributed by atoms with Crippen molar-refractivity contribution in [1.29, 1.82) is 0 Å². The van der Waals surface area contributed by atoms with E-state index in [-0.39, 0.29) is 0 Å². The zero-order valence-corrected chi connectivity index (χ0v) is 7.69. The molecular formula is C7H7ClN4O. The third-order valence-electron chi connectivity index (χ3n) is 1.54. The molecular weight excluding hydrogens is 192 g/mol. The number of rotatable bonds is 2. The third kappa shape index (κ3) is 1.70. The lowest BCUT2D eigenvalue weighted by Crippen LogP contribution is -1.98. The van der Waals surface area contributed by atoms with Crippen LogP contribution >= 0.6 is 11.6 Å². The number of nitrogens with zero attached hydrogens (tertiary/aromatic N) is 4. The van der Waals surface area contributed by atoms with Gasteiger partial charge in [0.25, 0.3) is 0 Å². The van der Waals surface area contributed by atoms with Crippen molar-refractivity contribution in [2.75, 3.05) is 0 Å². The third-order valence-corrected chi connectivity index (χ3v) is 1.84. The van der Waals surface area contributed by atoms with Crippen LogP contribution in [0, 0.1) is 6.92 Å². The van der Waals surface area contributed by atoms with Crippen LogP contribution in [0.25, 0.3) is 0 Å². The first kappa shape index (κ1) is 8.25. The van der Waals surface area contributed by atoms with Gasteiger partial charge in [-0.05, 0) is 18.5 Å². The summed E-state index contributed by atoms with van der Waals surface area (Å²) in [5.41, 5.74) is 0. The Morgan fingerprint density at radius 3 is 3.00 bits per heavy atom. The zero-order chi connectivity index (χ0) is 9.26. The Kier molecular flexibility index (Phi) is 2.02. The van der Waals surface area contributed by atoms with Crippen molar-refractivity contribution < 1.29 is 4.42 Å². The van der Waals surface area contributed by atoms with Gasteiger partial charge in [0.2, 0.25) is 11.2 Å². The molecule has 0 atom stereocenters. The smallest absolute Gasteiger partial charge is 0.225 e. The van der Waals surface area contributed by atoms with Crippen LogP contribution in [0.2, 0.25) is 5.28 Å². The Bertz CT molecular complexity index is 408. The molecule has 6 heteroatoms. The standard InChI is InChI=1S/C7H7ClN4O/c1-5-2-9-6(13-5)3-12-4-10-11-7(12)8/h2,4H,3H2,1H3. The lowest BCUT2D eigenvalue weighted by molar-refractivity contribution is 0.457. The summed E-state index contributed by atoms with van der Waals surface area (Å²) in [6.45, 7) is 2.30. The molecule has 0 saturated heterocycles. The summed E-state index contributed by atoms with van der Waals surface area (Å²) in [6.07, 6.45) is 3.19. The average molecular weight is 199 g/mol. The maximum absolute atomic E-state index is 5.72. The molecule has 2 aromatic rings. The monoisotopic (exact) mass is 198 g/mol. The summed E-state index contributed by atoms with van der Waals surface area (Å²) < 4.78 is 6.91. The minimum Gasteiger partial charge on any atom is -0.444 e. The van der Waals surface area contributed by atoms with Gasteiger partial charge in [-0.25, -0.2) is 4.98 Å². The predicted molar refractivity (Wildman–Crippen MR) is 45.4 cm³/mol. The second-order valence-electron chi connectivity index (χ2n) is 2.59. The summed E-state index contributed by atoms with van der Waals surface area (Å²) >= 11 is 5.72. The van der Waals surface area contributed by atoms with E-state index in [1.165, 1.54) is 6.33 Å². The minimum atomic E-state index is 0.329. The fourth-order valence-electron chi connectivity index (χ4n) is 0.967. The van der Waals surface area contributed by atoms with Gasteiger partial charge >= 0.3 is 0 Å². The van der Waals surface area contributed by atoms with Gasteiger partial charge in [0.05, 0.1) is 6.20 Å². The fraction of sp³-hybridized carbons (Fsp3) is 0.286. The summed E-state index contributed by atoms with van der Waals surface area (Å²) in [7, 11) is 0. The highest BCUT2D eigenvalue weighted by molar-refractivity contribution is 6.28. The quantitative estimate of drug-likeness (QED) is 0.730. The molecule has 0 bridgehead atoms. The van der Waals surface area contributed by atoms with Gasteiger partial charge in [0.1, 0.15) is 18.6 Å². The van der Waals surface area contributed by atoms with Gasteiger partial charge in [0.15, 0.2) is 0 Å². The highest BCUT2D eigenvalue weighted by atomic mass is 35.5. The molecule has 0 aliphatic carbocycles. The van der Waals surface area contributed by atoms with E-state index in [1.807, 2.05) is 6.92 Å². The molecule has 0 aromatic carbocycles. The van der Waals surface area contributed by atoms with Crippen molar-refractivity contribution in [1.82, 2.24) is 19.7 Å². The van der Waals surface area contributed by atoms with E-state index < -0.39 is 0 Å². The van der Waals surface area contributed by atoms with Crippen LogP contribution in [-0.2, 0) is 6.54 Å². The first-order valence-corrected chi connectivity index (χ1v) is 4.08. The van der Waals surface area contributed by atoms with Crippen molar-refractivity contribution in [2.24, 2.45) is 0 Å². The number of aromatic nitrogens is 4. The topological polar surface area (TPSA) is 56.7 Å². The van der Waals surface area contributed by atoms with Crippen molar-refractivity contribution in [2.45, 2.75) is 13.5 Å². The van der Waals surface area contributed by atoms with Crippen molar-refractivity contribution in [3.8, 4) is 0 Å². The molecule has 0 amide bonds. The van der Waals surface area contributed by atoms with Crippen LogP contribution in [0.15, 0.2) is 16.9 Å². The number of oxazole rings is 1. The van der Waals surface area contributed by atoms with Crippen LogP contribution in [0.5, 0.6) is 0 Å². The van der Waals surface area contributed by atoms with E-state index in [1.54, 1.807) is 10.8 Å². The summed E-state index contributed by atoms with van der Waals surface area (Å²) in [5, 5.41) is 7.59. The molecule has 5 nitrogen and oxygen atoms in total. The van der Waals surface area contributed by atoms with E-state index in [0.29, 0.717) is 17.7 Å². The Labute approximate surface area is 79.4 Å². The molecule has 0 radical (unpaired) electrons. The number of hydrogen-bond donors (Lipinski definition) is 0. The van der Waals surface area contributed by atoms with Crippen molar-refractivity contribution in [3.05, 3.63) is 29.5 Å². The molecule has 2 rings (SSSR count). The zero-order valence-electron chi connectivity index (χ0n) is 6.94. The van der Waals surface area contributed by atoms with Crippen LogP contribution < -0.4 is 0 Å². The molecule has 0 unspecified atom stereocenters. The fourth-order valence-corrected chi connectivity index (χ4v) is 1.11. The molecule has 68 valence electrons. The van der Waals surface area contributed by atoms with Gasteiger partial charge in [0, 0.05) is 0 Å². The van der Waals surface area contributed by atoms with E-state index in [9.17, 15) is 0 Å². The van der Waals surface area contributed by atoms with Gasteiger partial charge in [-0.3, -0.25) is 4.57 Å². The van der Waals surface area contributed by atoms with Crippen molar-refractivity contribution in [3.63, 3.8) is 0 Å². The van der Waals surface area contributed by atoms with E-state index in [4.69, 9.17) is 16.0 Å². The summed E-state index contributed by atoms with van der Waals surface area (Å²) in [5.74, 6) is 1.37. The van der Waals surface area contributed by atoms with Crippen molar-refractivity contribution >= 4 is 11.6 Å². The Morgan fingerprint density at radius 2 is 2.46 bits per heavy atom. The molecule has 0 aliphatic heterocycles. The van der Waals surface area contributed by atoms with Crippen LogP contribution in [0.4, 0.5) is 0 Å². The Morgan fingerprint density at radius 1 is 1.62 bits per heavy atom. The largest absolute Gasteiger partial charge is 0.444 e. The van der Waals surface area contributed by atoms with E-state index in [2.05, 4.69) is 15.2 Å². The maximum Gasteiger partial charge on any atom is 0.225 e. The number of hydrogen-bond acceptors (Lipinski definition) is 4. The van der Waals surface area contributed by atoms with E-state index >= 15 is 0 Å². The molecule has 0 spiro atoms. The number of aryl methyl sites for hydroxylation is 1. The summed E-state index contributed by atoms with van der Waals surface area (Å²) in [4.78, 5) is 4.03. The lowest BCUT2D eigenvalue weighted by Gasteiger charge is -1.96. The van der Waals surface area contributed by atoms with Crippen LogP contribution in [0.1, 0.15) is 11.7 Å². The van der Waals surface area contributed by atoms with Crippen LogP contribution in [0.3, 0.4) is 0 Å². The average Bonchev–Trinajstić information content (AvgIpc) is 2.64. The van der Waals surface area contributed by atoms with E-state index in [0.717, 1.165) is 5.76 Å². The Balaban J connectivity index is 2.19. The second kappa shape index (κ2) is 3.18. The first-order chi connectivity index (χ1) is 6.25. The minimum absolute atomic E-state index is 0.329.